The predicted molar refractivity (Wildman–Crippen MR) is 75.6 cm³/mol. The number of hydrogen-bond donors (Lipinski definition) is 0. The molecule has 0 fully saturated rings. The van der Waals surface area contributed by atoms with Gasteiger partial charge in [-0.25, -0.2) is 0 Å². The Bertz CT molecular complexity index is 626. The molecule has 19 heavy (non-hydrogen) atoms. The van der Waals surface area contributed by atoms with Crippen molar-refractivity contribution in [3.63, 3.8) is 0 Å². The molecule has 0 atom stereocenters. The molecule has 2 rings (SSSR count). The van der Waals surface area contributed by atoms with Crippen LogP contribution >= 0.6 is 11.3 Å². The van der Waals surface area contributed by atoms with Gasteiger partial charge in [0, 0.05) is 4.88 Å². The first-order chi connectivity index (χ1) is 9.26. The molecule has 0 spiro atoms. The molecule has 0 saturated carbocycles. The molecule has 4 nitrogen and oxygen atoms in total. The van der Waals surface area contributed by atoms with Crippen LogP contribution in [0, 0.1) is 18.3 Å². The number of ether oxygens (including phenoxy) is 1. The molecule has 1 heterocycles. The Labute approximate surface area is 116 Å². The van der Waals surface area contributed by atoms with Crippen LogP contribution in [0.25, 0.3) is 0 Å². The quantitative estimate of drug-likeness (QED) is 0.754. The number of azo groups is 1. The molecule has 0 radical (unpaired) electrons. The van der Waals surface area contributed by atoms with Gasteiger partial charge in [0.05, 0.1) is 12.3 Å². The number of rotatable bonds is 4. The Morgan fingerprint density at radius 3 is 2.63 bits per heavy atom. The average Bonchev–Trinajstić information content (AvgIpc) is 2.74. The van der Waals surface area contributed by atoms with Crippen LogP contribution in [0.4, 0.5) is 10.7 Å². The second-order valence-corrected chi connectivity index (χ2v) is 4.95. The van der Waals surface area contributed by atoms with Crippen LogP contribution in [0.2, 0.25) is 0 Å². The second-order valence-electron chi connectivity index (χ2n) is 3.75. The van der Waals surface area contributed by atoms with Crippen LogP contribution in [0.1, 0.15) is 17.4 Å². The molecule has 5 heteroatoms. The van der Waals surface area contributed by atoms with E-state index >= 15 is 0 Å². The number of thiophene rings is 1. The van der Waals surface area contributed by atoms with Crippen LogP contribution in [-0.4, -0.2) is 6.61 Å². The molecule has 0 unspecified atom stereocenters. The highest BCUT2D eigenvalue weighted by molar-refractivity contribution is 7.16. The predicted octanol–water partition coefficient (Wildman–Crippen LogP) is 4.74. The van der Waals surface area contributed by atoms with Gasteiger partial charge in [0.1, 0.15) is 11.6 Å². The maximum Gasteiger partial charge on any atom is 0.182 e. The Morgan fingerprint density at radius 1 is 1.26 bits per heavy atom. The fraction of sp³-hybridized carbons (Fsp3) is 0.214. The molecular formula is C14H13N3OS. The van der Waals surface area contributed by atoms with Gasteiger partial charge in [0.15, 0.2) is 10.8 Å². The number of benzene rings is 1. The van der Waals surface area contributed by atoms with E-state index in [9.17, 15) is 0 Å². The minimum absolute atomic E-state index is 0.499. The Morgan fingerprint density at radius 2 is 2.00 bits per heavy atom. The number of hydrogen-bond acceptors (Lipinski definition) is 5. The van der Waals surface area contributed by atoms with Crippen molar-refractivity contribution in [2.24, 2.45) is 10.2 Å². The summed E-state index contributed by atoms with van der Waals surface area (Å²) >= 11 is 1.42. The highest BCUT2D eigenvalue weighted by Gasteiger charge is 2.16. The summed E-state index contributed by atoms with van der Waals surface area (Å²) in [6, 6.07) is 11.6. The van der Waals surface area contributed by atoms with E-state index in [1.54, 1.807) is 0 Å². The van der Waals surface area contributed by atoms with Crippen LogP contribution in [-0.2, 0) is 0 Å². The summed E-state index contributed by atoms with van der Waals surface area (Å²) in [4.78, 5) is 0.896. The van der Waals surface area contributed by atoms with Crippen molar-refractivity contribution >= 4 is 22.0 Å². The van der Waals surface area contributed by atoms with Crippen molar-refractivity contribution in [2.75, 3.05) is 6.61 Å². The van der Waals surface area contributed by atoms with E-state index in [0.29, 0.717) is 22.9 Å². The molecule has 1 aromatic carbocycles. The topological polar surface area (TPSA) is 57.7 Å². The van der Waals surface area contributed by atoms with Crippen molar-refractivity contribution in [1.82, 2.24) is 0 Å². The smallest absolute Gasteiger partial charge is 0.182 e. The van der Waals surface area contributed by atoms with Crippen molar-refractivity contribution in [3.8, 4) is 11.8 Å². The zero-order valence-electron chi connectivity index (χ0n) is 10.8. The van der Waals surface area contributed by atoms with E-state index in [1.165, 1.54) is 11.3 Å². The molecule has 0 bridgehead atoms. The van der Waals surface area contributed by atoms with E-state index in [1.807, 2.05) is 44.2 Å². The Hall–Kier alpha value is -2.19. The summed E-state index contributed by atoms with van der Waals surface area (Å²) in [6.07, 6.45) is 0. The lowest BCUT2D eigenvalue weighted by Gasteiger charge is -2.01. The second kappa shape index (κ2) is 6.12. The summed E-state index contributed by atoms with van der Waals surface area (Å²) in [7, 11) is 0. The van der Waals surface area contributed by atoms with Crippen LogP contribution in [0.15, 0.2) is 40.6 Å². The summed E-state index contributed by atoms with van der Waals surface area (Å²) in [5.41, 5.74) is 1.32. The van der Waals surface area contributed by atoms with Crippen molar-refractivity contribution in [1.29, 1.82) is 5.26 Å². The number of nitriles is 1. The minimum Gasteiger partial charge on any atom is -0.489 e. The van der Waals surface area contributed by atoms with Crippen molar-refractivity contribution < 1.29 is 4.74 Å². The zero-order chi connectivity index (χ0) is 13.7. The molecule has 1 aromatic heterocycles. The van der Waals surface area contributed by atoms with Gasteiger partial charge >= 0.3 is 0 Å². The lowest BCUT2D eigenvalue weighted by atomic mass is 10.3. The van der Waals surface area contributed by atoms with Crippen LogP contribution < -0.4 is 4.74 Å². The Kier molecular flexibility index (Phi) is 4.26. The van der Waals surface area contributed by atoms with Gasteiger partial charge in [-0.3, -0.25) is 0 Å². The first-order valence-corrected chi connectivity index (χ1v) is 6.71. The highest BCUT2D eigenvalue weighted by Crippen LogP contribution is 2.42. The number of nitrogens with zero attached hydrogens (tertiary/aromatic N) is 3. The summed E-state index contributed by atoms with van der Waals surface area (Å²) in [5, 5.41) is 18.1. The molecular weight excluding hydrogens is 258 g/mol. The molecule has 0 aliphatic carbocycles. The molecule has 0 saturated heterocycles. The largest absolute Gasteiger partial charge is 0.489 e. The highest BCUT2D eigenvalue weighted by atomic mass is 32.1. The fourth-order valence-corrected chi connectivity index (χ4v) is 2.45. The number of aryl methyl sites for hydroxylation is 1. The van der Waals surface area contributed by atoms with E-state index in [0.717, 1.165) is 10.6 Å². The first-order valence-electron chi connectivity index (χ1n) is 5.89. The van der Waals surface area contributed by atoms with Gasteiger partial charge in [-0.1, -0.05) is 18.2 Å². The standard InChI is InChI=1S/C14H13N3OS/c1-3-18-13-12(9-15)10(2)19-14(13)17-16-11-7-5-4-6-8-11/h4-8H,3H2,1-2H3. The molecule has 0 amide bonds. The van der Waals surface area contributed by atoms with Gasteiger partial charge < -0.3 is 4.74 Å². The third-order valence-electron chi connectivity index (χ3n) is 2.44. The maximum atomic E-state index is 9.13. The monoisotopic (exact) mass is 271 g/mol. The third kappa shape index (κ3) is 2.98. The van der Waals surface area contributed by atoms with Gasteiger partial charge in [0.25, 0.3) is 0 Å². The van der Waals surface area contributed by atoms with Crippen LogP contribution in [0.5, 0.6) is 5.75 Å². The molecule has 0 aliphatic rings. The van der Waals surface area contributed by atoms with Gasteiger partial charge in [0.2, 0.25) is 0 Å². The van der Waals surface area contributed by atoms with Crippen LogP contribution in [0.3, 0.4) is 0 Å². The van der Waals surface area contributed by atoms with Crippen molar-refractivity contribution in [3.05, 3.63) is 40.8 Å². The lowest BCUT2D eigenvalue weighted by molar-refractivity contribution is 0.341. The van der Waals surface area contributed by atoms with E-state index in [4.69, 9.17) is 10.00 Å². The molecule has 96 valence electrons. The summed E-state index contributed by atoms with van der Waals surface area (Å²) < 4.78 is 5.50. The zero-order valence-corrected chi connectivity index (χ0v) is 11.6. The summed E-state index contributed by atoms with van der Waals surface area (Å²) in [6.45, 7) is 4.26. The summed E-state index contributed by atoms with van der Waals surface area (Å²) in [5.74, 6) is 0.534. The van der Waals surface area contributed by atoms with E-state index in [2.05, 4.69) is 16.3 Å². The Balaban J connectivity index is 2.35. The maximum absolute atomic E-state index is 9.13. The van der Waals surface area contributed by atoms with Crippen molar-refractivity contribution in [2.45, 2.75) is 13.8 Å². The average molecular weight is 271 g/mol. The normalized spacial score (nSPS) is 10.6. The van der Waals surface area contributed by atoms with Gasteiger partial charge in [-0.15, -0.1) is 21.6 Å². The SMILES string of the molecule is CCOc1c(N=Nc2ccccc2)sc(C)c1C#N. The molecule has 2 aromatic rings. The lowest BCUT2D eigenvalue weighted by Crippen LogP contribution is -1.92. The van der Waals surface area contributed by atoms with Gasteiger partial charge in [-0.05, 0) is 26.0 Å². The van der Waals surface area contributed by atoms with E-state index in [-0.39, 0.29) is 0 Å². The third-order valence-corrected chi connectivity index (χ3v) is 3.41. The molecule has 0 N–H and O–H groups in total. The first kappa shape index (κ1) is 13.2. The minimum atomic E-state index is 0.499. The fourth-order valence-electron chi connectivity index (χ4n) is 1.58. The molecule has 0 aliphatic heterocycles. The van der Waals surface area contributed by atoms with Gasteiger partial charge in [-0.2, -0.15) is 5.26 Å². The van der Waals surface area contributed by atoms with E-state index < -0.39 is 0 Å².